The first-order valence-electron chi connectivity index (χ1n) is 11.5. The Labute approximate surface area is 195 Å². The van der Waals surface area contributed by atoms with Crippen LogP contribution in [0.3, 0.4) is 0 Å². The number of hydrogen-bond donors (Lipinski definition) is 2. The van der Waals surface area contributed by atoms with Crippen LogP contribution < -0.4 is 5.32 Å². The number of aromatic nitrogens is 2. The standard InChI is InChI=1S/C26H30N4OS/c1-17-16-22(18(2)29(17)20-11-13-21(31)14-12-20)25-24(23-10-6-7-15-27-23)28-26(32)30(25)19-8-4-3-5-9-19/h6-7,10-16,19,24-25,31H,3-5,8-9H2,1-2H3,(H,28,32)/t24-,25-/m1/s1. The quantitative estimate of drug-likeness (QED) is 0.518. The fourth-order valence-corrected chi connectivity index (χ4v) is 5.93. The largest absolute Gasteiger partial charge is 0.508 e. The predicted octanol–water partition coefficient (Wildman–Crippen LogP) is 5.50. The van der Waals surface area contributed by atoms with Crippen LogP contribution in [0.15, 0.2) is 54.7 Å². The fourth-order valence-electron chi connectivity index (χ4n) is 5.54. The maximum atomic E-state index is 9.74. The molecule has 32 heavy (non-hydrogen) atoms. The fraction of sp³-hybridized carbons (Fsp3) is 0.385. The van der Waals surface area contributed by atoms with Gasteiger partial charge in [0.2, 0.25) is 0 Å². The second kappa shape index (κ2) is 8.58. The van der Waals surface area contributed by atoms with Gasteiger partial charge in [-0.15, -0.1) is 0 Å². The maximum Gasteiger partial charge on any atom is 0.170 e. The van der Waals surface area contributed by atoms with Gasteiger partial charge in [-0.05, 0) is 86.9 Å². The van der Waals surface area contributed by atoms with Gasteiger partial charge in [-0.1, -0.05) is 25.3 Å². The van der Waals surface area contributed by atoms with Crippen LogP contribution in [0, 0.1) is 13.8 Å². The summed E-state index contributed by atoms with van der Waals surface area (Å²) in [6.07, 6.45) is 8.07. The van der Waals surface area contributed by atoms with Crippen molar-refractivity contribution in [3.63, 3.8) is 0 Å². The Balaban J connectivity index is 1.62. The summed E-state index contributed by atoms with van der Waals surface area (Å²) in [6.45, 7) is 4.33. The molecule has 1 aliphatic carbocycles. The summed E-state index contributed by atoms with van der Waals surface area (Å²) in [6, 6.07) is 16.4. The Morgan fingerprint density at radius 3 is 2.47 bits per heavy atom. The predicted molar refractivity (Wildman–Crippen MR) is 131 cm³/mol. The van der Waals surface area contributed by atoms with E-state index in [9.17, 15) is 5.11 Å². The Kier molecular flexibility index (Phi) is 5.64. The highest BCUT2D eigenvalue weighted by Gasteiger charge is 2.44. The molecule has 2 atom stereocenters. The van der Waals surface area contributed by atoms with Crippen LogP contribution in [0.1, 0.15) is 66.8 Å². The zero-order valence-corrected chi connectivity index (χ0v) is 19.5. The molecule has 0 radical (unpaired) electrons. The van der Waals surface area contributed by atoms with Gasteiger partial charge in [-0.2, -0.15) is 0 Å². The first kappa shape index (κ1) is 21.0. The van der Waals surface area contributed by atoms with Gasteiger partial charge in [-0.3, -0.25) is 4.98 Å². The number of pyridine rings is 1. The van der Waals surface area contributed by atoms with E-state index in [0.29, 0.717) is 6.04 Å². The lowest BCUT2D eigenvalue weighted by Crippen LogP contribution is -2.40. The van der Waals surface area contributed by atoms with E-state index in [-0.39, 0.29) is 17.8 Å². The summed E-state index contributed by atoms with van der Waals surface area (Å²) in [4.78, 5) is 7.16. The molecule has 2 fully saturated rings. The second-order valence-corrected chi connectivity index (χ2v) is 9.39. The zero-order chi connectivity index (χ0) is 22.2. The molecule has 1 aromatic carbocycles. The second-order valence-electron chi connectivity index (χ2n) is 9.00. The lowest BCUT2D eigenvalue weighted by Gasteiger charge is -2.37. The van der Waals surface area contributed by atoms with Gasteiger partial charge in [0.25, 0.3) is 0 Å². The van der Waals surface area contributed by atoms with Crippen molar-refractivity contribution in [3.05, 3.63) is 77.4 Å². The molecule has 2 aromatic heterocycles. The number of benzene rings is 1. The van der Waals surface area contributed by atoms with Crippen LogP contribution in [0.25, 0.3) is 5.69 Å². The minimum atomic E-state index is 0.0133. The van der Waals surface area contributed by atoms with Gasteiger partial charge in [0.05, 0.1) is 17.8 Å². The Bertz CT molecular complexity index is 1100. The van der Waals surface area contributed by atoms with Crippen LogP contribution in [0.5, 0.6) is 5.75 Å². The molecule has 1 aliphatic heterocycles. The van der Waals surface area contributed by atoms with Crippen molar-refractivity contribution in [2.45, 2.75) is 64.1 Å². The lowest BCUT2D eigenvalue weighted by atomic mass is 9.90. The summed E-state index contributed by atoms with van der Waals surface area (Å²) in [5, 5.41) is 14.2. The molecular weight excluding hydrogens is 416 g/mol. The van der Waals surface area contributed by atoms with Crippen molar-refractivity contribution in [3.8, 4) is 11.4 Å². The topological polar surface area (TPSA) is 53.3 Å². The van der Waals surface area contributed by atoms with Gasteiger partial charge < -0.3 is 19.9 Å². The molecule has 0 unspecified atom stereocenters. The number of rotatable bonds is 4. The van der Waals surface area contributed by atoms with Gasteiger partial charge in [0, 0.05) is 29.3 Å². The maximum absolute atomic E-state index is 9.74. The van der Waals surface area contributed by atoms with Crippen molar-refractivity contribution < 1.29 is 5.11 Å². The van der Waals surface area contributed by atoms with Gasteiger partial charge >= 0.3 is 0 Å². The third-order valence-corrected chi connectivity index (χ3v) is 7.33. The van der Waals surface area contributed by atoms with Gasteiger partial charge in [0.1, 0.15) is 5.75 Å². The van der Waals surface area contributed by atoms with E-state index in [4.69, 9.17) is 17.2 Å². The molecule has 2 N–H and O–H groups in total. The smallest absolute Gasteiger partial charge is 0.170 e. The number of nitrogens with zero attached hydrogens (tertiary/aromatic N) is 3. The van der Waals surface area contributed by atoms with Gasteiger partial charge in [0.15, 0.2) is 5.11 Å². The number of phenolic OH excluding ortho intramolecular Hbond substituents is 1. The third kappa shape index (κ3) is 3.66. The minimum Gasteiger partial charge on any atom is -0.508 e. The van der Waals surface area contributed by atoms with E-state index in [1.165, 1.54) is 49.1 Å². The molecule has 1 saturated carbocycles. The molecule has 166 valence electrons. The summed E-state index contributed by atoms with van der Waals surface area (Å²) < 4.78 is 2.27. The third-order valence-electron chi connectivity index (χ3n) is 7.00. The number of aryl methyl sites for hydroxylation is 1. The normalized spacial score (nSPS) is 21.7. The molecule has 3 heterocycles. The summed E-state index contributed by atoms with van der Waals surface area (Å²) >= 11 is 5.92. The van der Waals surface area contributed by atoms with Crippen LogP contribution in [-0.2, 0) is 0 Å². The molecule has 0 amide bonds. The number of hydrogen-bond acceptors (Lipinski definition) is 3. The van der Waals surface area contributed by atoms with Crippen molar-refractivity contribution >= 4 is 17.3 Å². The number of thiocarbonyl (C=S) groups is 1. The lowest BCUT2D eigenvalue weighted by molar-refractivity contribution is 0.197. The molecule has 2 aliphatic rings. The summed E-state index contributed by atoms with van der Waals surface area (Å²) in [5.41, 5.74) is 5.73. The molecule has 0 bridgehead atoms. The first-order valence-corrected chi connectivity index (χ1v) is 11.9. The van der Waals surface area contributed by atoms with Crippen molar-refractivity contribution in [1.29, 1.82) is 0 Å². The Morgan fingerprint density at radius 2 is 1.78 bits per heavy atom. The molecule has 5 nitrogen and oxygen atoms in total. The molecule has 0 spiro atoms. The molecule has 6 heteroatoms. The van der Waals surface area contributed by atoms with Crippen LogP contribution in [0.2, 0.25) is 0 Å². The van der Waals surface area contributed by atoms with E-state index < -0.39 is 0 Å². The average Bonchev–Trinajstić information content (AvgIpc) is 3.31. The van der Waals surface area contributed by atoms with Crippen molar-refractivity contribution in [2.75, 3.05) is 0 Å². The summed E-state index contributed by atoms with van der Waals surface area (Å²) in [7, 11) is 0. The summed E-state index contributed by atoms with van der Waals surface area (Å²) in [5.74, 6) is 0.278. The van der Waals surface area contributed by atoms with E-state index in [2.05, 4.69) is 40.8 Å². The van der Waals surface area contributed by atoms with Crippen molar-refractivity contribution in [1.82, 2.24) is 19.8 Å². The number of aromatic hydroxyl groups is 1. The minimum absolute atomic E-state index is 0.0133. The van der Waals surface area contributed by atoms with Gasteiger partial charge in [-0.25, -0.2) is 0 Å². The van der Waals surface area contributed by atoms with E-state index in [1.54, 1.807) is 12.1 Å². The van der Waals surface area contributed by atoms with E-state index in [0.717, 1.165) is 16.5 Å². The van der Waals surface area contributed by atoms with Crippen LogP contribution >= 0.6 is 12.2 Å². The zero-order valence-electron chi connectivity index (χ0n) is 18.7. The highest BCUT2D eigenvalue weighted by atomic mass is 32.1. The number of phenols is 1. The van der Waals surface area contributed by atoms with Crippen molar-refractivity contribution in [2.24, 2.45) is 0 Å². The first-order chi connectivity index (χ1) is 15.5. The number of nitrogens with one attached hydrogen (secondary N) is 1. The molecule has 3 aromatic rings. The molecule has 1 saturated heterocycles. The molecular formula is C26H30N4OS. The molecule has 5 rings (SSSR count). The van der Waals surface area contributed by atoms with E-state index >= 15 is 0 Å². The van der Waals surface area contributed by atoms with Crippen LogP contribution in [-0.4, -0.2) is 30.7 Å². The Morgan fingerprint density at radius 1 is 1.03 bits per heavy atom. The highest BCUT2D eigenvalue weighted by Crippen LogP contribution is 2.44. The van der Waals surface area contributed by atoms with Crippen LogP contribution in [0.4, 0.5) is 0 Å². The average molecular weight is 447 g/mol. The monoisotopic (exact) mass is 446 g/mol. The SMILES string of the molecule is Cc1cc([C@@H]2[C@@H](c3ccccn3)NC(=S)N2C2CCCCC2)c(C)n1-c1ccc(O)cc1. The Hall–Kier alpha value is -2.86. The van der Waals surface area contributed by atoms with E-state index in [1.807, 2.05) is 30.5 Å². The highest BCUT2D eigenvalue weighted by molar-refractivity contribution is 7.80.